The number of esters is 1. The highest BCUT2D eigenvalue weighted by molar-refractivity contribution is 5.74. The summed E-state index contributed by atoms with van der Waals surface area (Å²) in [7, 11) is 0. The Hall–Kier alpha value is -0.790. The lowest BCUT2D eigenvalue weighted by Crippen LogP contribution is -2.33. The van der Waals surface area contributed by atoms with Gasteiger partial charge in [0.05, 0.1) is 5.92 Å². The van der Waals surface area contributed by atoms with Crippen molar-refractivity contribution in [3.8, 4) is 0 Å². The normalized spacial score (nSPS) is 39.2. The third-order valence-corrected chi connectivity index (χ3v) is 4.59. The summed E-state index contributed by atoms with van der Waals surface area (Å²) in [5.74, 6) is 1.36. The van der Waals surface area contributed by atoms with Crippen LogP contribution in [0.15, 0.2) is 12.2 Å². The molecule has 0 radical (unpaired) electrons. The first-order chi connectivity index (χ1) is 7.66. The largest absolute Gasteiger partial charge is 0.459 e. The van der Waals surface area contributed by atoms with Crippen molar-refractivity contribution in [2.75, 3.05) is 0 Å². The molecule has 3 aliphatic carbocycles. The van der Waals surface area contributed by atoms with Crippen molar-refractivity contribution in [1.29, 1.82) is 0 Å². The summed E-state index contributed by atoms with van der Waals surface area (Å²) < 4.78 is 5.76. The molecule has 2 nitrogen and oxygen atoms in total. The molecule has 16 heavy (non-hydrogen) atoms. The van der Waals surface area contributed by atoms with Gasteiger partial charge in [0, 0.05) is 0 Å². The Morgan fingerprint density at radius 1 is 1.25 bits per heavy atom. The Morgan fingerprint density at radius 2 is 2.00 bits per heavy atom. The molecule has 0 aliphatic heterocycles. The molecule has 3 rings (SSSR count). The Bertz CT molecular complexity index is 326. The molecule has 0 heterocycles. The van der Waals surface area contributed by atoms with E-state index in [1.807, 2.05) is 0 Å². The lowest BCUT2D eigenvalue weighted by molar-refractivity contribution is -0.163. The number of fused-ring (bicyclic) bond motifs is 2. The van der Waals surface area contributed by atoms with E-state index in [1.165, 1.54) is 19.3 Å². The minimum Gasteiger partial charge on any atom is -0.459 e. The van der Waals surface area contributed by atoms with Crippen LogP contribution in [0.1, 0.15) is 45.4 Å². The SMILES string of the molecule is CC1(OC(=O)[C@@H]2C[C@H]3C=C[C@H]2C3)CCCC1. The summed E-state index contributed by atoms with van der Waals surface area (Å²) >= 11 is 0. The minimum atomic E-state index is -0.150. The number of hydrogen-bond acceptors (Lipinski definition) is 2. The fraction of sp³-hybridized carbons (Fsp3) is 0.786. The van der Waals surface area contributed by atoms with Gasteiger partial charge in [-0.15, -0.1) is 0 Å². The number of hydrogen-bond donors (Lipinski definition) is 0. The molecule has 0 N–H and O–H groups in total. The zero-order valence-electron chi connectivity index (χ0n) is 9.95. The molecular formula is C14H20O2. The topological polar surface area (TPSA) is 26.3 Å². The smallest absolute Gasteiger partial charge is 0.310 e. The Morgan fingerprint density at radius 3 is 2.56 bits per heavy atom. The molecule has 0 spiro atoms. The van der Waals surface area contributed by atoms with Gasteiger partial charge in [0.2, 0.25) is 0 Å². The van der Waals surface area contributed by atoms with Crippen molar-refractivity contribution in [3.05, 3.63) is 12.2 Å². The van der Waals surface area contributed by atoms with Crippen molar-refractivity contribution in [2.45, 2.75) is 51.0 Å². The minimum absolute atomic E-state index is 0.0706. The summed E-state index contributed by atoms with van der Waals surface area (Å²) in [6.45, 7) is 2.10. The molecule has 3 aliphatic rings. The van der Waals surface area contributed by atoms with Gasteiger partial charge in [0.1, 0.15) is 5.60 Å². The second-order valence-electron chi connectivity index (χ2n) is 5.96. The van der Waals surface area contributed by atoms with E-state index in [1.54, 1.807) is 0 Å². The zero-order chi connectivity index (χ0) is 11.2. The molecule has 0 aromatic heterocycles. The van der Waals surface area contributed by atoms with Crippen LogP contribution in [-0.2, 0) is 9.53 Å². The van der Waals surface area contributed by atoms with Crippen LogP contribution < -0.4 is 0 Å². The predicted octanol–water partition coefficient (Wildman–Crippen LogP) is 3.07. The molecule has 2 fully saturated rings. The molecule has 88 valence electrons. The maximum Gasteiger partial charge on any atom is 0.310 e. The Balaban J connectivity index is 1.63. The average molecular weight is 220 g/mol. The van der Waals surface area contributed by atoms with Crippen LogP contribution in [0.5, 0.6) is 0 Å². The number of allylic oxidation sites excluding steroid dienone is 2. The monoisotopic (exact) mass is 220 g/mol. The summed E-state index contributed by atoms with van der Waals surface area (Å²) in [6.07, 6.45) is 11.2. The maximum absolute atomic E-state index is 12.1. The Kier molecular flexibility index (Phi) is 2.34. The van der Waals surface area contributed by atoms with E-state index in [0.717, 1.165) is 19.3 Å². The summed E-state index contributed by atoms with van der Waals surface area (Å²) in [5.41, 5.74) is -0.150. The van der Waals surface area contributed by atoms with E-state index in [-0.39, 0.29) is 17.5 Å². The fourth-order valence-electron chi connectivity index (χ4n) is 3.60. The third kappa shape index (κ3) is 1.68. The van der Waals surface area contributed by atoms with Crippen molar-refractivity contribution in [1.82, 2.24) is 0 Å². The van der Waals surface area contributed by atoms with Crippen molar-refractivity contribution < 1.29 is 9.53 Å². The van der Waals surface area contributed by atoms with E-state index < -0.39 is 0 Å². The third-order valence-electron chi connectivity index (χ3n) is 4.59. The predicted molar refractivity (Wildman–Crippen MR) is 61.8 cm³/mol. The Labute approximate surface area is 97.1 Å². The van der Waals surface area contributed by atoms with E-state index in [2.05, 4.69) is 19.1 Å². The van der Waals surface area contributed by atoms with Gasteiger partial charge in [-0.2, -0.15) is 0 Å². The van der Waals surface area contributed by atoms with Gasteiger partial charge >= 0.3 is 5.97 Å². The highest BCUT2D eigenvalue weighted by atomic mass is 16.6. The van der Waals surface area contributed by atoms with Gasteiger partial charge in [0.15, 0.2) is 0 Å². The van der Waals surface area contributed by atoms with E-state index in [0.29, 0.717) is 11.8 Å². The van der Waals surface area contributed by atoms with Crippen LogP contribution in [-0.4, -0.2) is 11.6 Å². The van der Waals surface area contributed by atoms with Crippen LogP contribution in [0.25, 0.3) is 0 Å². The first-order valence-electron chi connectivity index (χ1n) is 6.57. The molecule has 3 atom stereocenters. The second kappa shape index (κ2) is 3.61. The zero-order valence-corrected chi connectivity index (χ0v) is 9.95. The molecule has 0 aromatic rings. The lowest BCUT2D eigenvalue weighted by Gasteiger charge is -2.27. The highest BCUT2D eigenvalue weighted by Gasteiger charge is 2.43. The molecule has 0 aromatic carbocycles. The van der Waals surface area contributed by atoms with Gasteiger partial charge in [-0.05, 0) is 57.3 Å². The molecule has 2 bridgehead atoms. The molecule has 0 unspecified atom stereocenters. The van der Waals surface area contributed by atoms with Crippen LogP contribution in [0.4, 0.5) is 0 Å². The van der Waals surface area contributed by atoms with Gasteiger partial charge in [-0.1, -0.05) is 12.2 Å². The van der Waals surface area contributed by atoms with Crippen LogP contribution in [0.2, 0.25) is 0 Å². The average Bonchev–Trinajstić information content (AvgIpc) is 2.92. The van der Waals surface area contributed by atoms with Crippen LogP contribution in [0.3, 0.4) is 0 Å². The number of carbonyl (C=O) groups is 1. The first-order valence-corrected chi connectivity index (χ1v) is 6.57. The second-order valence-corrected chi connectivity index (χ2v) is 5.96. The van der Waals surface area contributed by atoms with Gasteiger partial charge in [0.25, 0.3) is 0 Å². The number of rotatable bonds is 2. The van der Waals surface area contributed by atoms with Gasteiger partial charge in [-0.3, -0.25) is 4.79 Å². The first kappa shape index (κ1) is 10.4. The molecular weight excluding hydrogens is 200 g/mol. The van der Waals surface area contributed by atoms with Crippen LogP contribution >= 0.6 is 0 Å². The lowest BCUT2D eigenvalue weighted by atomic mass is 9.93. The summed E-state index contributed by atoms with van der Waals surface area (Å²) in [4.78, 5) is 12.1. The van der Waals surface area contributed by atoms with Gasteiger partial charge in [-0.25, -0.2) is 0 Å². The standard InChI is InChI=1S/C14H20O2/c1-14(6-2-3-7-14)16-13(15)12-9-10-4-5-11(12)8-10/h4-5,10-12H,2-3,6-9H2,1H3/t10-,11-,12+/m0/s1. The molecule has 0 amide bonds. The highest BCUT2D eigenvalue weighted by Crippen LogP contribution is 2.45. The van der Waals surface area contributed by atoms with E-state index >= 15 is 0 Å². The molecule has 0 saturated heterocycles. The van der Waals surface area contributed by atoms with Gasteiger partial charge < -0.3 is 4.74 Å². The molecule has 2 heteroatoms. The fourth-order valence-corrected chi connectivity index (χ4v) is 3.60. The van der Waals surface area contributed by atoms with E-state index in [9.17, 15) is 4.79 Å². The van der Waals surface area contributed by atoms with Crippen molar-refractivity contribution in [2.24, 2.45) is 17.8 Å². The van der Waals surface area contributed by atoms with Crippen molar-refractivity contribution >= 4 is 5.97 Å². The summed E-state index contributed by atoms with van der Waals surface area (Å²) in [6, 6.07) is 0. The summed E-state index contributed by atoms with van der Waals surface area (Å²) in [5, 5.41) is 0. The molecule has 2 saturated carbocycles. The maximum atomic E-state index is 12.1. The van der Waals surface area contributed by atoms with Crippen molar-refractivity contribution in [3.63, 3.8) is 0 Å². The number of ether oxygens (including phenoxy) is 1. The quantitative estimate of drug-likeness (QED) is 0.528. The number of carbonyl (C=O) groups excluding carboxylic acids is 1. The van der Waals surface area contributed by atoms with E-state index in [4.69, 9.17) is 4.74 Å². The van der Waals surface area contributed by atoms with Crippen LogP contribution in [0, 0.1) is 17.8 Å².